The van der Waals surface area contributed by atoms with Gasteiger partial charge in [0.2, 0.25) is 0 Å². The van der Waals surface area contributed by atoms with E-state index in [1.54, 1.807) is 67.6 Å². The lowest BCUT2D eigenvalue weighted by Crippen LogP contribution is -2.29. The summed E-state index contributed by atoms with van der Waals surface area (Å²) in [6.45, 7) is 1.68. The average molecular weight is 298 g/mol. The Hall–Kier alpha value is -2.62. The number of aliphatic carboxylic acids is 2. The van der Waals surface area contributed by atoms with Crippen LogP contribution in [0.3, 0.4) is 0 Å². The molecule has 2 unspecified atom stereocenters. The van der Waals surface area contributed by atoms with Crippen LogP contribution in [0.15, 0.2) is 60.7 Å². The molecule has 0 saturated carbocycles. The summed E-state index contributed by atoms with van der Waals surface area (Å²) in [5.41, 5.74) is 1.23. The predicted molar refractivity (Wildman–Crippen MR) is 82.8 cm³/mol. The van der Waals surface area contributed by atoms with Crippen LogP contribution in [0.2, 0.25) is 0 Å². The van der Waals surface area contributed by atoms with Crippen LogP contribution in [0.5, 0.6) is 0 Å². The molecule has 2 rings (SSSR count). The minimum Gasteiger partial charge on any atom is -0.481 e. The molecular formula is C18H18O4. The van der Waals surface area contributed by atoms with E-state index in [4.69, 9.17) is 0 Å². The predicted octanol–water partition coefficient (Wildman–Crippen LogP) is 3.36. The van der Waals surface area contributed by atoms with Gasteiger partial charge in [-0.15, -0.1) is 0 Å². The lowest BCUT2D eigenvalue weighted by Gasteiger charge is -2.26. The molecule has 2 N–H and O–H groups in total. The molecule has 0 spiro atoms. The quantitative estimate of drug-likeness (QED) is 0.857. The Kier molecular flexibility index (Phi) is 4.94. The number of hydrogen-bond acceptors (Lipinski definition) is 2. The minimum atomic E-state index is -1.01. The molecule has 0 amide bonds. The third-order valence-electron chi connectivity index (χ3n) is 3.90. The van der Waals surface area contributed by atoms with Gasteiger partial charge in [0.05, 0.1) is 11.8 Å². The van der Waals surface area contributed by atoms with E-state index in [2.05, 4.69) is 0 Å². The van der Waals surface area contributed by atoms with Gasteiger partial charge in [0.15, 0.2) is 0 Å². The molecule has 2 aromatic carbocycles. The number of carboxylic acid groups (broad SMARTS) is 2. The molecule has 114 valence electrons. The lowest BCUT2D eigenvalue weighted by molar-refractivity contribution is -0.143. The molecule has 0 aromatic heterocycles. The molecule has 2 aromatic rings. The monoisotopic (exact) mass is 298 g/mol. The van der Waals surface area contributed by atoms with Crippen LogP contribution < -0.4 is 0 Å². The molecule has 0 heterocycles. The molecule has 0 bridgehead atoms. The third kappa shape index (κ3) is 3.34. The first-order chi connectivity index (χ1) is 10.5. The van der Waals surface area contributed by atoms with Gasteiger partial charge in [0.1, 0.15) is 0 Å². The zero-order valence-corrected chi connectivity index (χ0v) is 12.2. The van der Waals surface area contributed by atoms with Crippen molar-refractivity contribution in [3.8, 4) is 0 Å². The Balaban J connectivity index is 2.42. The Morgan fingerprint density at radius 3 is 1.32 bits per heavy atom. The van der Waals surface area contributed by atoms with E-state index < -0.39 is 29.7 Å². The maximum Gasteiger partial charge on any atom is 0.311 e. The molecule has 0 aliphatic rings. The van der Waals surface area contributed by atoms with E-state index in [1.807, 2.05) is 0 Å². The second-order valence-corrected chi connectivity index (χ2v) is 5.31. The normalized spacial score (nSPS) is 14.8. The topological polar surface area (TPSA) is 74.6 Å². The Morgan fingerprint density at radius 2 is 1.05 bits per heavy atom. The van der Waals surface area contributed by atoms with Gasteiger partial charge in [-0.25, -0.2) is 0 Å². The molecule has 0 aliphatic carbocycles. The van der Waals surface area contributed by atoms with Crippen LogP contribution >= 0.6 is 0 Å². The van der Waals surface area contributed by atoms with Gasteiger partial charge in [0.25, 0.3) is 0 Å². The van der Waals surface area contributed by atoms with Gasteiger partial charge in [-0.3, -0.25) is 9.59 Å². The first-order valence-electron chi connectivity index (χ1n) is 7.08. The van der Waals surface area contributed by atoms with Crippen molar-refractivity contribution in [2.24, 2.45) is 5.92 Å². The molecule has 0 fully saturated rings. The highest BCUT2D eigenvalue weighted by molar-refractivity contribution is 5.81. The van der Waals surface area contributed by atoms with Gasteiger partial charge < -0.3 is 10.2 Å². The van der Waals surface area contributed by atoms with Crippen molar-refractivity contribution in [1.29, 1.82) is 0 Å². The molecule has 0 aliphatic heterocycles. The van der Waals surface area contributed by atoms with Crippen molar-refractivity contribution in [1.82, 2.24) is 0 Å². The zero-order chi connectivity index (χ0) is 16.1. The second kappa shape index (κ2) is 6.89. The van der Waals surface area contributed by atoms with Gasteiger partial charge in [-0.1, -0.05) is 67.6 Å². The smallest absolute Gasteiger partial charge is 0.311 e. The molecule has 4 nitrogen and oxygen atoms in total. The Morgan fingerprint density at radius 1 is 0.727 bits per heavy atom. The molecule has 2 atom stereocenters. The fraction of sp³-hybridized carbons (Fsp3) is 0.222. The zero-order valence-electron chi connectivity index (χ0n) is 12.2. The van der Waals surface area contributed by atoms with Crippen LogP contribution in [-0.2, 0) is 9.59 Å². The van der Waals surface area contributed by atoms with E-state index in [-0.39, 0.29) is 0 Å². The van der Waals surface area contributed by atoms with E-state index in [1.165, 1.54) is 0 Å². The largest absolute Gasteiger partial charge is 0.481 e. The average Bonchev–Trinajstić information content (AvgIpc) is 2.49. The van der Waals surface area contributed by atoms with Crippen molar-refractivity contribution in [3.05, 3.63) is 71.8 Å². The second-order valence-electron chi connectivity index (χ2n) is 5.31. The molecular weight excluding hydrogens is 280 g/mol. The summed E-state index contributed by atoms with van der Waals surface area (Å²) in [6.07, 6.45) is 0. The summed E-state index contributed by atoms with van der Waals surface area (Å²) < 4.78 is 0. The Labute approximate surface area is 129 Å². The van der Waals surface area contributed by atoms with E-state index >= 15 is 0 Å². The lowest BCUT2D eigenvalue weighted by atomic mass is 9.76. The highest BCUT2D eigenvalue weighted by Gasteiger charge is 2.36. The molecule has 4 heteroatoms. The number of hydrogen-bond donors (Lipinski definition) is 2. The first-order valence-corrected chi connectivity index (χ1v) is 7.08. The van der Waals surface area contributed by atoms with Crippen molar-refractivity contribution in [2.75, 3.05) is 0 Å². The maximum absolute atomic E-state index is 11.7. The molecule has 0 saturated heterocycles. The molecule has 22 heavy (non-hydrogen) atoms. The van der Waals surface area contributed by atoms with Crippen molar-refractivity contribution >= 4 is 11.9 Å². The summed E-state index contributed by atoms with van der Waals surface area (Å²) >= 11 is 0. The first kappa shape index (κ1) is 15.8. The number of carbonyl (C=O) groups is 2. The van der Waals surface area contributed by atoms with Crippen LogP contribution in [0.1, 0.15) is 29.9 Å². The van der Waals surface area contributed by atoms with E-state index in [0.29, 0.717) is 11.1 Å². The van der Waals surface area contributed by atoms with Crippen molar-refractivity contribution in [2.45, 2.75) is 18.8 Å². The summed E-state index contributed by atoms with van der Waals surface area (Å²) in [7, 11) is 0. The highest BCUT2D eigenvalue weighted by atomic mass is 16.4. The standard InChI is InChI=1S/C18H18O4/c1-12(15(17(19)20)13-8-4-2-5-9-13)16(18(21)22)14-10-6-3-7-11-14/h2-12,15-16H,1H3,(H,19,20)(H,21,22). The van der Waals surface area contributed by atoms with Gasteiger partial charge in [-0.05, 0) is 17.0 Å². The molecule has 0 radical (unpaired) electrons. The van der Waals surface area contributed by atoms with Crippen LogP contribution in [0, 0.1) is 5.92 Å². The maximum atomic E-state index is 11.7. The summed E-state index contributed by atoms with van der Waals surface area (Å²) in [4.78, 5) is 23.4. The van der Waals surface area contributed by atoms with Crippen LogP contribution in [-0.4, -0.2) is 22.2 Å². The summed E-state index contributed by atoms with van der Waals surface area (Å²) in [6, 6.07) is 17.5. The number of rotatable bonds is 6. The van der Waals surface area contributed by atoms with Crippen molar-refractivity contribution in [3.63, 3.8) is 0 Å². The number of carboxylic acids is 2. The van der Waals surface area contributed by atoms with E-state index in [0.717, 1.165) is 0 Å². The van der Waals surface area contributed by atoms with Crippen LogP contribution in [0.25, 0.3) is 0 Å². The number of benzene rings is 2. The van der Waals surface area contributed by atoms with Crippen molar-refractivity contribution < 1.29 is 19.8 Å². The van der Waals surface area contributed by atoms with Gasteiger partial charge >= 0.3 is 11.9 Å². The van der Waals surface area contributed by atoms with Gasteiger partial charge in [-0.2, -0.15) is 0 Å². The fourth-order valence-electron chi connectivity index (χ4n) is 2.86. The SMILES string of the molecule is CC(C(C(=O)O)c1ccccc1)C(C(=O)O)c1ccccc1. The van der Waals surface area contributed by atoms with Crippen LogP contribution in [0.4, 0.5) is 0 Å². The fourth-order valence-corrected chi connectivity index (χ4v) is 2.86. The highest BCUT2D eigenvalue weighted by Crippen LogP contribution is 2.36. The van der Waals surface area contributed by atoms with Gasteiger partial charge in [0, 0.05) is 0 Å². The third-order valence-corrected chi connectivity index (χ3v) is 3.90. The summed E-state index contributed by atoms with van der Waals surface area (Å²) in [5.74, 6) is -4.36. The summed E-state index contributed by atoms with van der Waals surface area (Å²) in [5, 5.41) is 19.2. The Bertz CT molecular complexity index is 579. The minimum absolute atomic E-state index is 0.584. The van der Waals surface area contributed by atoms with E-state index in [9.17, 15) is 19.8 Å².